The molecule has 2 rings (SSSR count). The van der Waals surface area contributed by atoms with Crippen LogP contribution in [0.5, 0.6) is 5.75 Å². The van der Waals surface area contributed by atoms with Crippen LogP contribution in [0, 0.1) is 4.77 Å². The Hall–Kier alpha value is -0.990. The predicted octanol–water partition coefficient (Wildman–Crippen LogP) is 3.36. The molecule has 0 radical (unpaired) electrons. The number of rotatable bonds is 3. The summed E-state index contributed by atoms with van der Waals surface area (Å²) in [5, 5.41) is 10.6. The number of methoxy groups -OCH3 is 1. The zero-order valence-corrected chi connectivity index (χ0v) is 13.2. The highest BCUT2D eigenvalue weighted by molar-refractivity contribution is 9.11. The number of aromatic amines is 1. The molecule has 1 N–H and O–H groups in total. The monoisotopic (exact) mass is 390 g/mol. The number of H-pyrrole nitrogens is 1. The first kappa shape index (κ1) is 13.4. The standard InChI is InChI=1S/C10H8Br2N4OS/c1-17-9-7(11)2-6(3-8(9)12)4-14-16-5-13-15-10(16)18/h2-5H,1H3,(H,15,18)/b14-4-. The van der Waals surface area contributed by atoms with Gasteiger partial charge in [0.25, 0.3) is 0 Å². The lowest BCUT2D eigenvalue weighted by Crippen LogP contribution is -1.92. The second kappa shape index (κ2) is 5.77. The second-order valence-corrected chi connectivity index (χ2v) is 5.36. The lowest BCUT2D eigenvalue weighted by molar-refractivity contribution is 0.409. The Bertz CT molecular complexity index is 626. The van der Waals surface area contributed by atoms with Gasteiger partial charge < -0.3 is 4.74 Å². The maximum atomic E-state index is 5.23. The van der Waals surface area contributed by atoms with Crippen LogP contribution in [0.4, 0.5) is 0 Å². The fourth-order valence-corrected chi connectivity index (χ4v) is 3.00. The van der Waals surface area contributed by atoms with E-state index in [-0.39, 0.29) is 0 Å². The van der Waals surface area contributed by atoms with Gasteiger partial charge in [0.2, 0.25) is 4.77 Å². The third kappa shape index (κ3) is 2.88. The summed E-state index contributed by atoms with van der Waals surface area (Å²) in [6.45, 7) is 0. The molecule has 0 aliphatic heterocycles. The van der Waals surface area contributed by atoms with Crippen molar-refractivity contribution in [2.75, 3.05) is 7.11 Å². The minimum absolute atomic E-state index is 0.442. The van der Waals surface area contributed by atoms with Gasteiger partial charge >= 0.3 is 0 Å². The van der Waals surface area contributed by atoms with Crippen molar-refractivity contribution in [1.82, 2.24) is 14.9 Å². The van der Waals surface area contributed by atoms with Gasteiger partial charge in [-0.25, -0.2) is 0 Å². The molecule has 0 atom stereocenters. The van der Waals surface area contributed by atoms with Gasteiger partial charge in [-0.1, -0.05) is 0 Å². The lowest BCUT2D eigenvalue weighted by atomic mass is 10.2. The average molecular weight is 392 g/mol. The molecule has 1 aromatic carbocycles. The van der Waals surface area contributed by atoms with Crippen molar-refractivity contribution >= 4 is 50.3 Å². The number of ether oxygens (including phenoxy) is 1. The van der Waals surface area contributed by atoms with Crippen molar-refractivity contribution in [2.24, 2.45) is 5.10 Å². The van der Waals surface area contributed by atoms with Crippen molar-refractivity contribution in [1.29, 1.82) is 0 Å². The van der Waals surface area contributed by atoms with Crippen LogP contribution in [0.3, 0.4) is 0 Å². The Morgan fingerprint density at radius 2 is 2.11 bits per heavy atom. The highest BCUT2D eigenvalue weighted by Gasteiger charge is 2.06. The molecule has 0 amide bonds. The van der Waals surface area contributed by atoms with Gasteiger partial charge in [0.15, 0.2) is 0 Å². The first-order valence-electron chi connectivity index (χ1n) is 4.81. The molecule has 0 aliphatic carbocycles. The zero-order valence-electron chi connectivity index (χ0n) is 9.22. The predicted molar refractivity (Wildman–Crippen MR) is 78.8 cm³/mol. The minimum Gasteiger partial charge on any atom is -0.494 e. The number of benzene rings is 1. The van der Waals surface area contributed by atoms with Gasteiger partial charge in [-0.15, -0.1) is 0 Å². The first-order chi connectivity index (χ1) is 8.61. The molecule has 0 saturated carbocycles. The first-order valence-corrected chi connectivity index (χ1v) is 6.80. The molecule has 0 fully saturated rings. The van der Waals surface area contributed by atoms with Crippen LogP contribution in [0.1, 0.15) is 5.56 Å². The van der Waals surface area contributed by atoms with Gasteiger partial charge in [-0.3, -0.25) is 5.10 Å². The topological polar surface area (TPSA) is 55.2 Å². The summed E-state index contributed by atoms with van der Waals surface area (Å²) in [7, 11) is 1.61. The Kier molecular flexibility index (Phi) is 4.31. The van der Waals surface area contributed by atoms with Crippen molar-refractivity contribution < 1.29 is 4.74 Å². The molecule has 5 nitrogen and oxygen atoms in total. The summed E-state index contributed by atoms with van der Waals surface area (Å²) >= 11 is 11.8. The summed E-state index contributed by atoms with van der Waals surface area (Å²) in [5.41, 5.74) is 0.901. The quantitative estimate of drug-likeness (QED) is 0.644. The van der Waals surface area contributed by atoms with Crippen molar-refractivity contribution in [3.05, 3.63) is 37.7 Å². The van der Waals surface area contributed by atoms with Crippen LogP contribution >= 0.6 is 44.1 Å². The molecule has 2 aromatic rings. The third-order valence-corrected chi connectivity index (χ3v) is 3.55. The van der Waals surface area contributed by atoms with Gasteiger partial charge in [0, 0.05) is 0 Å². The zero-order chi connectivity index (χ0) is 13.1. The molecule has 8 heteroatoms. The van der Waals surface area contributed by atoms with E-state index in [2.05, 4.69) is 47.2 Å². The van der Waals surface area contributed by atoms with E-state index in [1.807, 2.05) is 12.1 Å². The van der Waals surface area contributed by atoms with E-state index in [0.29, 0.717) is 4.77 Å². The molecule has 1 aromatic heterocycles. The lowest BCUT2D eigenvalue weighted by Gasteiger charge is -2.06. The minimum atomic E-state index is 0.442. The fraction of sp³-hybridized carbons (Fsp3) is 0.100. The highest BCUT2D eigenvalue weighted by atomic mass is 79.9. The molecule has 0 aliphatic rings. The number of halogens is 2. The highest BCUT2D eigenvalue weighted by Crippen LogP contribution is 2.33. The Morgan fingerprint density at radius 3 is 2.61 bits per heavy atom. The van der Waals surface area contributed by atoms with Crippen molar-refractivity contribution in [2.45, 2.75) is 0 Å². The van der Waals surface area contributed by atoms with E-state index in [0.717, 1.165) is 20.3 Å². The Labute approximate surface area is 125 Å². The van der Waals surface area contributed by atoms with E-state index in [1.54, 1.807) is 13.3 Å². The molecule has 18 heavy (non-hydrogen) atoms. The maximum absolute atomic E-state index is 5.23. The van der Waals surface area contributed by atoms with Crippen LogP contribution in [-0.2, 0) is 0 Å². The maximum Gasteiger partial charge on any atom is 0.216 e. The summed E-state index contributed by atoms with van der Waals surface area (Å²) in [4.78, 5) is 0. The number of hydrogen-bond acceptors (Lipinski definition) is 4. The number of nitrogens with zero attached hydrogens (tertiary/aromatic N) is 3. The molecule has 0 unspecified atom stereocenters. The molecule has 1 heterocycles. The largest absolute Gasteiger partial charge is 0.494 e. The van der Waals surface area contributed by atoms with Gasteiger partial charge in [0.1, 0.15) is 12.1 Å². The van der Waals surface area contributed by atoms with Gasteiger partial charge in [-0.2, -0.15) is 14.9 Å². The second-order valence-electron chi connectivity index (χ2n) is 3.27. The number of hydrogen-bond donors (Lipinski definition) is 1. The van der Waals surface area contributed by atoms with Crippen LogP contribution < -0.4 is 4.74 Å². The smallest absolute Gasteiger partial charge is 0.216 e. The summed E-state index contributed by atoms with van der Waals surface area (Å²) in [6, 6.07) is 3.80. The van der Waals surface area contributed by atoms with Crippen LogP contribution in [-0.4, -0.2) is 28.2 Å². The third-order valence-electron chi connectivity index (χ3n) is 2.09. The number of nitrogens with one attached hydrogen (secondary N) is 1. The summed E-state index contributed by atoms with van der Waals surface area (Å²) in [5.74, 6) is 0.743. The van der Waals surface area contributed by atoms with Crippen molar-refractivity contribution in [3.8, 4) is 5.75 Å². The molecule has 0 spiro atoms. The van der Waals surface area contributed by atoms with E-state index in [1.165, 1.54) is 11.0 Å². The fourth-order valence-electron chi connectivity index (χ4n) is 1.30. The summed E-state index contributed by atoms with van der Waals surface area (Å²) < 4.78 is 8.83. The van der Waals surface area contributed by atoms with Gasteiger partial charge in [0.05, 0.1) is 22.3 Å². The van der Waals surface area contributed by atoms with Gasteiger partial charge in [-0.05, 0) is 61.8 Å². The van der Waals surface area contributed by atoms with E-state index < -0.39 is 0 Å². The summed E-state index contributed by atoms with van der Waals surface area (Å²) in [6.07, 6.45) is 3.19. The molecular formula is C10H8Br2N4OS. The molecule has 0 saturated heterocycles. The molecule has 0 bridgehead atoms. The molecule has 94 valence electrons. The average Bonchev–Trinajstić information content (AvgIpc) is 2.72. The van der Waals surface area contributed by atoms with E-state index in [4.69, 9.17) is 17.0 Å². The van der Waals surface area contributed by atoms with Crippen LogP contribution in [0.2, 0.25) is 0 Å². The number of aromatic nitrogens is 3. The SMILES string of the molecule is COc1c(Br)cc(/C=N\n2cn[nH]c2=S)cc1Br. The Morgan fingerprint density at radius 1 is 1.44 bits per heavy atom. The van der Waals surface area contributed by atoms with Crippen LogP contribution in [0.15, 0.2) is 32.5 Å². The van der Waals surface area contributed by atoms with E-state index in [9.17, 15) is 0 Å². The molecular weight excluding hydrogens is 384 g/mol. The van der Waals surface area contributed by atoms with E-state index >= 15 is 0 Å². The van der Waals surface area contributed by atoms with Crippen molar-refractivity contribution in [3.63, 3.8) is 0 Å². The Balaban J connectivity index is 2.33. The van der Waals surface area contributed by atoms with Crippen LogP contribution in [0.25, 0.3) is 0 Å². The normalized spacial score (nSPS) is 11.1.